The van der Waals surface area contributed by atoms with Crippen molar-refractivity contribution >= 4 is 28.5 Å². The van der Waals surface area contributed by atoms with Crippen LogP contribution in [-0.2, 0) is 16.0 Å². The Hall–Kier alpha value is -2.48. The number of nitrogens with zero attached hydrogens (tertiary/aromatic N) is 2. The molecule has 0 spiro atoms. The molecule has 2 amide bonds. The van der Waals surface area contributed by atoms with E-state index in [2.05, 4.69) is 37.7 Å². The summed E-state index contributed by atoms with van der Waals surface area (Å²) in [6.07, 6.45) is 1.60. The highest BCUT2D eigenvalue weighted by Crippen LogP contribution is 2.20. The molecule has 0 radical (unpaired) electrons. The molecule has 2 N–H and O–H groups in total. The summed E-state index contributed by atoms with van der Waals surface area (Å²) in [4.78, 5) is 23.3. The third-order valence-electron chi connectivity index (χ3n) is 3.94. The zero-order valence-corrected chi connectivity index (χ0v) is 16.3. The summed E-state index contributed by atoms with van der Waals surface area (Å²) in [7, 11) is 1.37. The number of ether oxygens (including phenoxy) is 1. The molecule has 0 fully saturated rings. The number of hydrogen-bond acceptors (Lipinski definition) is 6. The number of anilines is 1. The van der Waals surface area contributed by atoms with E-state index in [0.29, 0.717) is 24.4 Å². The number of aromatic nitrogens is 2. The van der Waals surface area contributed by atoms with E-state index in [-0.39, 0.29) is 18.0 Å². The minimum atomic E-state index is -0.323. The van der Waals surface area contributed by atoms with Gasteiger partial charge in [-0.05, 0) is 38.3 Å². The summed E-state index contributed by atoms with van der Waals surface area (Å²) in [5, 5.41) is 14.8. The lowest BCUT2D eigenvalue weighted by Gasteiger charge is -2.17. The second-order valence-corrected chi connectivity index (χ2v) is 7.17. The minimum absolute atomic E-state index is 0.123. The number of hydrogen-bond donors (Lipinski definition) is 2. The molecule has 0 saturated carbocycles. The van der Waals surface area contributed by atoms with E-state index in [9.17, 15) is 9.59 Å². The first kappa shape index (κ1) is 19.8. The van der Waals surface area contributed by atoms with Gasteiger partial charge in [-0.25, -0.2) is 4.79 Å². The van der Waals surface area contributed by atoms with Crippen LogP contribution in [0, 0.1) is 13.8 Å². The number of benzene rings is 1. The average molecular weight is 376 g/mol. The number of rotatable bonds is 7. The topological polar surface area (TPSA) is 93.2 Å². The summed E-state index contributed by atoms with van der Waals surface area (Å²) in [6.45, 7) is 5.99. The maximum atomic E-state index is 12.2. The largest absolute Gasteiger partial charge is 0.469 e. The van der Waals surface area contributed by atoms with Crippen LogP contribution in [0.15, 0.2) is 18.2 Å². The van der Waals surface area contributed by atoms with Crippen LogP contribution in [0.25, 0.3) is 0 Å². The number of esters is 1. The number of nitrogens with one attached hydrogen (secondary N) is 2. The van der Waals surface area contributed by atoms with Crippen molar-refractivity contribution in [1.82, 2.24) is 15.5 Å². The van der Waals surface area contributed by atoms with Crippen LogP contribution in [0.2, 0.25) is 0 Å². The molecule has 1 atom stereocenters. The van der Waals surface area contributed by atoms with E-state index in [1.807, 2.05) is 26.8 Å². The van der Waals surface area contributed by atoms with Gasteiger partial charge >= 0.3 is 12.0 Å². The molecule has 0 bridgehead atoms. The standard InChI is InChI=1S/C18H24N4O3S/c1-11-8-9-12(2)14(10-11)13(3)19-17(24)20-18-22-21-15(26-18)6-5-7-16(23)25-4/h8-10,13H,5-7H2,1-4H3,(H2,19,20,22,24). The highest BCUT2D eigenvalue weighted by Gasteiger charge is 2.14. The third kappa shape index (κ3) is 5.80. The Morgan fingerprint density at radius 3 is 2.77 bits per heavy atom. The summed E-state index contributed by atoms with van der Waals surface area (Å²) >= 11 is 1.30. The third-order valence-corrected chi connectivity index (χ3v) is 4.83. The molecule has 1 heterocycles. The summed E-state index contributed by atoms with van der Waals surface area (Å²) in [6, 6.07) is 5.73. The highest BCUT2D eigenvalue weighted by atomic mass is 32.1. The normalized spacial score (nSPS) is 11.7. The van der Waals surface area contributed by atoms with Crippen molar-refractivity contribution in [2.75, 3.05) is 12.4 Å². The molecule has 0 aliphatic rings. The van der Waals surface area contributed by atoms with Gasteiger partial charge in [0, 0.05) is 12.8 Å². The Bertz CT molecular complexity index is 776. The molecular weight excluding hydrogens is 352 g/mol. The van der Waals surface area contributed by atoms with Gasteiger partial charge in [0.05, 0.1) is 13.2 Å². The SMILES string of the molecule is COC(=O)CCCc1nnc(NC(=O)NC(C)c2cc(C)ccc2C)s1. The van der Waals surface area contributed by atoms with Crippen LogP contribution in [-0.4, -0.2) is 29.3 Å². The van der Waals surface area contributed by atoms with E-state index in [0.717, 1.165) is 21.7 Å². The molecule has 1 aromatic heterocycles. The smallest absolute Gasteiger partial charge is 0.321 e. The molecule has 0 aliphatic heterocycles. The summed E-state index contributed by atoms with van der Waals surface area (Å²) < 4.78 is 4.60. The number of urea groups is 1. The average Bonchev–Trinajstić information content (AvgIpc) is 3.03. The van der Waals surface area contributed by atoms with Gasteiger partial charge in [-0.2, -0.15) is 0 Å². The molecule has 2 aromatic rings. The van der Waals surface area contributed by atoms with E-state index in [4.69, 9.17) is 0 Å². The van der Waals surface area contributed by atoms with Crippen molar-refractivity contribution in [1.29, 1.82) is 0 Å². The lowest BCUT2D eigenvalue weighted by molar-refractivity contribution is -0.140. The molecular formula is C18H24N4O3S. The van der Waals surface area contributed by atoms with Gasteiger partial charge in [0.2, 0.25) is 5.13 Å². The van der Waals surface area contributed by atoms with E-state index >= 15 is 0 Å². The Kier molecular flexibility index (Phi) is 7.08. The van der Waals surface area contributed by atoms with Gasteiger partial charge in [0.1, 0.15) is 5.01 Å². The molecule has 0 saturated heterocycles. The fraction of sp³-hybridized carbons (Fsp3) is 0.444. The summed E-state index contributed by atoms with van der Waals surface area (Å²) in [5.74, 6) is -0.243. The molecule has 1 aromatic carbocycles. The van der Waals surface area contributed by atoms with Crippen molar-refractivity contribution in [3.8, 4) is 0 Å². The van der Waals surface area contributed by atoms with Crippen LogP contribution in [0.4, 0.5) is 9.93 Å². The van der Waals surface area contributed by atoms with Crippen LogP contribution >= 0.6 is 11.3 Å². The molecule has 26 heavy (non-hydrogen) atoms. The second-order valence-electron chi connectivity index (χ2n) is 6.11. The van der Waals surface area contributed by atoms with Crippen LogP contribution in [0.3, 0.4) is 0 Å². The van der Waals surface area contributed by atoms with Crippen LogP contribution in [0.1, 0.15) is 47.5 Å². The van der Waals surface area contributed by atoms with Crippen LogP contribution in [0.5, 0.6) is 0 Å². The molecule has 8 heteroatoms. The van der Waals surface area contributed by atoms with E-state index in [1.165, 1.54) is 18.4 Å². The quantitative estimate of drug-likeness (QED) is 0.721. The lowest BCUT2D eigenvalue weighted by Crippen LogP contribution is -2.31. The zero-order chi connectivity index (χ0) is 19.1. The fourth-order valence-electron chi connectivity index (χ4n) is 2.53. The Morgan fingerprint density at radius 2 is 2.04 bits per heavy atom. The van der Waals surface area contributed by atoms with Gasteiger partial charge in [0.15, 0.2) is 0 Å². The van der Waals surface area contributed by atoms with Gasteiger partial charge in [-0.3, -0.25) is 10.1 Å². The Labute approximate surface area is 157 Å². The van der Waals surface area contributed by atoms with E-state index < -0.39 is 0 Å². The fourth-order valence-corrected chi connectivity index (χ4v) is 3.30. The number of carbonyl (C=O) groups is 2. The number of aryl methyl sites for hydroxylation is 3. The second kappa shape index (κ2) is 9.28. The van der Waals surface area contributed by atoms with Crippen molar-refractivity contribution in [2.45, 2.75) is 46.1 Å². The predicted molar refractivity (Wildman–Crippen MR) is 101 cm³/mol. The maximum absolute atomic E-state index is 12.2. The first-order valence-corrected chi connectivity index (χ1v) is 9.24. The monoisotopic (exact) mass is 376 g/mol. The van der Waals surface area contributed by atoms with Crippen molar-refractivity contribution in [3.63, 3.8) is 0 Å². The predicted octanol–water partition coefficient (Wildman–Crippen LogP) is 3.53. The minimum Gasteiger partial charge on any atom is -0.469 e. The van der Waals surface area contributed by atoms with Gasteiger partial charge in [-0.1, -0.05) is 35.1 Å². The first-order valence-electron chi connectivity index (χ1n) is 8.43. The van der Waals surface area contributed by atoms with Crippen molar-refractivity contribution in [3.05, 3.63) is 39.9 Å². The number of carbonyl (C=O) groups excluding carboxylic acids is 2. The molecule has 1 unspecified atom stereocenters. The summed E-state index contributed by atoms with van der Waals surface area (Å²) in [5.41, 5.74) is 3.37. The lowest BCUT2D eigenvalue weighted by atomic mass is 10.0. The number of methoxy groups -OCH3 is 1. The van der Waals surface area contributed by atoms with E-state index in [1.54, 1.807) is 0 Å². The Morgan fingerprint density at radius 1 is 1.27 bits per heavy atom. The van der Waals surface area contributed by atoms with Gasteiger partial charge in [-0.15, -0.1) is 10.2 Å². The van der Waals surface area contributed by atoms with Gasteiger partial charge < -0.3 is 10.1 Å². The first-order chi connectivity index (χ1) is 12.4. The highest BCUT2D eigenvalue weighted by molar-refractivity contribution is 7.15. The Balaban J connectivity index is 1.86. The zero-order valence-electron chi connectivity index (χ0n) is 15.5. The van der Waals surface area contributed by atoms with Gasteiger partial charge in [0.25, 0.3) is 0 Å². The molecule has 2 rings (SSSR count). The molecule has 140 valence electrons. The molecule has 7 nitrogen and oxygen atoms in total. The molecule has 0 aliphatic carbocycles. The van der Waals surface area contributed by atoms with Crippen molar-refractivity contribution < 1.29 is 14.3 Å². The maximum Gasteiger partial charge on any atom is 0.321 e. The van der Waals surface area contributed by atoms with Crippen molar-refractivity contribution in [2.24, 2.45) is 0 Å². The van der Waals surface area contributed by atoms with Crippen LogP contribution < -0.4 is 10.6 Å². The number of amides is 2.